The molecule has 0 aliphatic carbocycles. The Labute approximate surface area is 151 Å². The van der Waals surface area contributed by atoms with Gasteiger partial charge in [0.05, 0.1) is 16.2 Å². The van der Waals surface area contributed by atoms with Crippen LogP contribution in [0.4, 0.5) is 0 Å². The van der Waals surface area contributed by atoms with Gasteiger partial charge in [-0.1, -0.05) is 23.2 Å². The number of phenols is 1. The van der Waals surface area contributed by atoms with Crippen LogP contribution in [0, 0.1) is 0 Å². The summed E-state index contributed by atoms with van der Waals surface area (Å²) in [5.74, 6) is -0.230. The molecule has 0 amide bonds. The van der Waals surface area contributed by atoms with Gasteiger partial charge in [0.15, 0.2) is 23.6 Å². The van der Waals surface area contributed by atoms with E-state index < -0.39 is 5.60 Å². The van der Waals surface area contributed by atoms with Crippen LogP contribution < -0.4 is 11.5 Å². The van der Waals surface area contributed by atoms with Gasteiger partial charge in [-0.2, -0.15) is 0 Å². The van der Waals surface area contributed by atoms with Gasteiger partial charge in [-0.15, -0.1) is 0 Å². The molecule has 6 N–H and O–H groups in total. The number of carbonyl (C=O) groups excluding carboxylic acids is 1. The summed E-state index contributed by atoms with van der Waals surface area (Å²) in [4.78, 5) is 10.3. The van der Waals surface area contributed by atoms with Gasteiger partial charge in [0, 0.05) is 10.7 Å². The van der Waals surface area contributed by atoms with Crippen LogP contribution in [0.5, 0.6) is 5.75 Å². The minimum Gasteiger partial charge on any atom is -0.506 e. The van der Waals surface area contributed by atoms with Crippen molar-refractivity contribution in [3.8, 4) is 5.75 Å². The van der Waals surface area contributed by atoms with Crippen molar-refractivity contribution in [1.82, 2.24) is 0 Å². The molecule has 0 aromatic heterocycles. The van der Waals surface area contributed by atoms with E-state index in [0.29, 0.717) is 30.0 Å². The summed E-state index contributed by atoms with van der Waals surface area (Å²) in [6.07, 6.45) is 2.75. The largest absolute Gasteiger partial charge is 0.506 e. The first-order chi connectivity index (χ1) is 9.60. The van der Waals surface area contributed by atoms with E-state index in [1.54, 1.807) is 19.9 Å². The summed E-state index contributed by atoms with van der Waals surface area (Å²) in [5, 5.41) is 18.7. The number of rotatable bonds is 4. The summed E-state index contributed by atoms with van der Waals surface area (Å²) in [7, 11) is 0. The van der Waals surface area contributed by atoms with Crippen LogP contribution in [0.3, 0.4) is 0 Å². The van der Waals surface area contributed by atoms with E-state index in [1.807, 2.05) is 0 Å². The lowest BCUT2D eigenvalue weighted by Gasteiger charge is -2.12. The lowest BCUT2D eigenvalue weighted by Crippen LogP contribution is -2.18. The summed E-state index contributed by atoms with van der Waals surface area (Å²) in [6, 6.07) is 2.71. The minimum absolute atomic E-state index is 0. The molecule has 0 fully saturated rings. The van der Waals surface area contributed by atoms with Crippen molar-refractivity contribution >= 4 is 46.8 Å². The first-order valence-electron chi connectivity index (χ1n) is 6.13. The number of aromatic hydroxyl groups is 1. The zero-order valence-electron chi connectivity index (χ0n) is 11.9. The van der Waals surface area contributed by atoms with E-state index in [0.717, 1.165) is 0 Å². The molecule has 8 heteroatoms. The molecule has 1 aromatic rings. The maximum atomic E-state index is 10.3. The number of benzene rings is 1. The Morgan fingerprint density at radius 2 is 1.91 bits per heavy atom. The second kappa shape index (κ2) is 10.9. The van der Waals surface area contributed by atoms with Crippen LogP contribution in [-0.2, 0) is 0 Å². The summed E-state index contributed by atoms with van der Waals surface area (Å²) < 4.78 is 0. The Kier molecular flexibility index (Phi) is 11.7. The third-order valence-corrected chi connectivity index (χ3v) is 2.66. The molecule has 0 unspecified atom stereocenters. The van der Waals surface area contributed by atoms with E-state index in [2.05, 4.69) is 0 Å². The molecule has 0 atom stereocenters. The van der Waals surface area contributed by atoms with Crippen LogP contribution in [0.15, 0.2) is 23.9 Å². The van der Waals surface area contributed by atoms with Crippen LogP contribution >= 0.6 is 23.2 Å². The topological polar surface area (TPSA) is 110 Å². The second-order valence-electron chi connectivity index (χ2n) is 4.85. The highest BCUT2D eigenvalue weighted by molar-refractivity contribution is 6.36. The first kappa shape index (κ1) is 23.5. The fourth-order valence-corrected chi connectivity index (χ4v) is 1.88. The average molecular weight is 365 g/mol. The third-order valence-electron chi connectivity index (χ3n) is 2.16. The Balaban J connectivity index is 0. The number of hydrogen-bond acceptors (Lipinski definition) is 5. The maximum Gasteiger partial charge on any atom is 0.187 e. The smallest absolute Gasteiger partial charge is 0.187 e. The number of nitrogens with two attached hydrogens (primary N) is 2. The Hall–Kier alpha value is -0.738. The van der Waals surface area contributed by atoms with Crippen molar-refractivity contribution < 1.29 is 15.0 Å². The van der Waals surface area contributed by atoms with Crippen molar-refractivity contribution in [2.45, 2.75) is 25.9 Å². The van der Waals surface area contributed by atoms with E-state index >= 15 is 0 Å². The van der Waals surface area contributed by atoms with Crippen LogP contribution in [0.2, 0.25) is 10.0 Å². The summed E-state index contributed by atoms with van der Waals surface area (Å²) in [5.41, 5.74) is 10.7. The number of aldehydes is 1. The molecule has 1 aromatic carbocycles. The zero-order valence-corrected chi connectivity index (χ0v) is 13.4. The SMILES string of the molecule is CC(C)(O)C=C(N)CCN.O=Cc1cc(Cl)cc(Cl)c1O.[AlH3]. The molecule has 0 heterocycles. The number of phenolic OH excluding ortho intramolecular Hbond substituents is 1. The molecule has 22 heavy (non-hydrogen) atoms. The molecular weight excluding hydrogens is 342 g/mol. The molecule has 0 bridgehead atoms. The summed E-state index contributed by atoms with van der Waals surface area (Å²) >= 11 is 11.1. The van der Waals surface area contributed by atoms with Gasteiger partial charge in [0.1, 0.15) is 5.75 Å². The Bertz CT molecular complexity index is 518. The van der Waals surface area contributed by atoms with Gasteiger partial charge in [-0.05, 0) is 45.0 Å². The second-order valence-corrected chi connectivity index (χ2v) is 5.70. The molecule has 0 saturated carbocycles. The lowest BCUT2D eigenvalue weighted by atomic mass is 10.1. The fourth-order valence-electron chi connectivity index (χ4n) is 1.37. The predicted octanol–water partition coefficient (Wildman–Crippen LogP) is 1.28. The van der Waals surface area contributed by atoms with Crippen molar-refractivity contribution in [3.05, 3.63) is 39.5 Å². The van der Waals surface area contributed by atoms with Gasteiger partial charge in [0.25, 0.3) is 0 Å². The fraction of sp³-hybridized carbons (Fsp3) is 0.357. The molecule has 0 saturated heterocycles. The highest BCUT2D eigenvalue weighted by Crippen LogP contribution is 2.29. The maximum absolute atomic E-state index is 10.3. The van der Waals surface area contributed by atoms with Crippen LogP contribution in [-0.4, -0.2) is 46.0 Å². The standard InChI is InChI=1S/C7H4Cl2O2.C7H16N2O.Al.3H/c8-5-1-4(3-10)7(11)6(9)2-5;1-7(2,10)5-6(9)3-4-8;;;;/h1-3,11H;5,10H,3-4,8-9H2,1-2H3;;;;. The molecule has 0 spiro atoms. The normalized spacial score (nSPS) is 11.1. The number of hydrogen-bond donors (Lipinski definition) is 4. The van der Waals surface area contributed by atoms with Gasteiger partial charge >= 0.3 is 0 Å². The highest BCUT2D eigenvalue weighted by Gasteiger charge is 2.08. The minimum atomic E-state index is -0.820. The molecule has 124 valence electrons. The molecule has 0 aliphatic heterocycles. The molecule has 0 aliphatic rings. The van der Waals surface area contributed by atoms with Crippen molar-refractivity contribution in [2.24, 2.45) is 11.5 Å². The third kappa shape index (κ3) is 10.1. The number of halogens is 2. The Morgan fingerprint density at radius 3 is 2.32 bits per heavy atom. The van der Waals surface area contributed by atoms with Gasteiger partial charge in [0.2, 0.25) is 0 Å². The summed E-state index contributed by atoms with van der Waals surface area (Å²) in [6.45, 7) is 3.88. The average Bonchev–Trinajstić information content (AvgIpc) is 2.32. The number of carbonyl (C=O) groups is 1. The van der Waals surface area contributed by atoms with Crippen molar-refractivity contribution in [2.75, 3.05) is 6.54 Å². The molecular formula is C14H23AlCl2N2O3. The van der Waals surface area contributed by atoms with Crippen molar-refractivity contribution in [3.63, 3.8) is 0 Å². The van der Waals surface area contributed by atoms with E-state index in [1.165, 1.54) is 12.1 Å². The first-order valence-corrected chi connectivity index (χ1v) is 6.89. The van der Waals surface area contributed by atoms with Gasteiger partial charge < -0.3 is 21.7 Å². The van der Waals surface area contributed by atoms with Crippen LogP contribution in [0.1, 0.15) is 30.6 Å². The monoisotopic (exact) mass is 364 g/mol. The number of aliphatic hydroxyl groups is 1. The van der Waals surface area contributed by atoms with E-state index in [-0.39, 0.29) is 33.7 Å². The van der Waals surface area contributed by atoms with E-state index in [9.17, 15) is 9.90 Å². The lowest BCUT2D eigenvalue weighted by molar-refractivity contribution is 0.112. The van der Waals surface area contributed by atoms with Crippen molar-refractivity contribution in [1.29, 1.82) is 0 Å². The zero-order chi connectivity index (χ0) is 16.6. The van der Waals surface area contributed by atoms with E-state index in [4.69, 9.17) is 39.8 Å². The Morgan fingerprint density at radius 1 is 1.36 bits per heavy atom. The van der Waals surface area contributed by atoms with Gasteiger partial charge in [-0.25, -0.2) is 0 Å². The van der Waals surface area contributed by atoms with Gasteiger partial charge in [-0.3, -0.25) is 4.79 Å². The quantitative estimate of drug-likeness (QED) is 0.475. The highest BCUT2D eigenvalue weighted by atomic mass is 35.5. The molecule has 1 rings (SSSR count). The van der Waals surface area contributed by atoms with Crippen LogP contribution in [0.25, 0.3) is 0 Å². The predicted molar refractivity (Wildman–Crippen MR) is 95.7 cm³/mol. The molecule has 5 nitrogen and oxygen atoms in total. The molecule has 0 radical (unpaired) electrons.